The van der Waals surface area contributed by atoms with Gasteiger partial charge in [0.05, 0.1) is 13.0 Å². The summed E-state index contributed by atoms with van der Waals surface area (Å²) in [5.74, 6) is 0.950. The SMILES string of the molecule is CCN(CC)c1ccn(C(=O)C2CC(C)N(C(=O)c3ccc(OC)cc3)c3ccccc32)n1. The molecule has 1 aliphatic rings. The number of hydrogen-bond acceptors (Lipinski definition) is 5. The molecule has 2 unspecified atom stereocenters. The summed E-state index contributed by atoms with van der Waals surface area (Å²) in [4.78, 5) is 30.8. The Morgan fingerprint density at radius 3 is 2.42 bits per heavy atom. The quantitative estimate of drug-likeness (QED) is 0.554. The van der Waals surface area contributed by atoms with Crippen molar-refractivity contribution in [3.8, 4) is 5.75 Å². The number of fused-ring (bicyclic) bond motifs is 1. The van der Waals surface area contributed by atoms with Gasteiger partial charge >= 0.3 is 0 Å². The molecule has 0 N–H and O–H groups in total. The Labute approximate surface area is 194 Å². The highest BCUT2D eigenvalue weighted by molar-refractivity contribution is 6.08. The number of aromatic nitrogens is 2. The molecule has 2 aromatic carbocycles. The van der Waals surface area contributed by atoms with Gasteiger partial charge in [-0.1, -0.05) is 18.2 Å². The van der Waals surface area contributed by atoms with Crippen molar-refractivity contribution in [3.05, 3.63) is 71.9 Å². The lowest BCUT2D eigenvalue weighted by Crippen LogP contribution is -2.45. The number of carbonyl (C=O) groups excluding carboxylic acids is 2. The predicted octanol–water partition coefficient (Wildman–Crippen LogP) is 4.60. The number of hydrogen-bond donors (Lipinski definition) is 0. The van der Waals surface area contributed by atoms with E-state index in [1.165, 1.54) is 4.68 Å². The van der Waals surface area contributed by atoms with E-state index in [1.54, 1.807) is 42.5 Å². The van der Waals surface area contributed by atoms with Crippen LogP contribution in [0.5, 0.6) is 5.75 Å². The number of nitrogens with zero attached hydrogens (tertiary/aromatic N) is 4. The Morgan fingerprint density at radius 1 is 1.06 bits per heavy atom. The standard InChI is InChI=1S/C26H30N4O3/c1-5-28(6-2)24-15-16-29(27-24)26(32)22-17-18(3)30(23-10-8-7-9-21(22)23)25(31)19-11-13-20(33-4)14-12-19/h7-16,18,22H,5-6,17H2,1-4H3. The first-order valence-corrected chi connectivity index (χ1v) is 11.4. The molecule has 0 fully saturated rings. The molecule has 0 aliphatic carbocycles. The van der Waals surface area contributed by atoms with Crippen molar-refractivity contribution in [1.82, 2.24) is 9.78 Å². The fourth-order valence-electron chi connectivity index (χ4n) is 4.54. The average Bonchev–Trinajstić information content (AvgIpc) is 3.33. The summed E-state index contributed by atoms with van der Waals surface area (Å²) in [7, 11) is 1.60. The number of anilines is 2. The minimum absolute atomic E-state index is 0.0794. The molecule has 33 heavy (non-hydrogen) atoms. The maximum Gasteiger partial charge on any atom is 0.258 e. The first-order valence-electron chi connectivity index (χ1n) is 11.4. The van der Waals surface area contributed by atoms with E-state index < -0.39 is 0 Å². The summed E-state index contributed by atoms with van der Waals surface area (Å²) in [6.45, 7) is 7.78. The highest BCUT2D eigenvalue weighted by atomic mass is 16.5. The molecule has 4 rings (SSSR count). The van der Waals surface area contributed by atoms with Crippen LogP contribution in [0.4, 0.5) is 11.5 Å². The smallest absolute Gasteiger partial charge is 0.258 e. The van der Waals surface area contributed by atoms with Crippen LogP contribution in [-0.4, -0.2) is 47.8 Å². The highest BCUT2D eigenvalue weighted by Crippen LogP contribution is 2.40. The third kappa shape index (κ3) is 4.23. The van der Waals surface area contributed by atoms with Crippen LogP contribution in [0.25, 0.3) is 0 Å². The van der Waals surface area contributed by atoms with Gasteiger partial charge in [-0.15, -0.1) is 5.10 Å². The number of ether oxygens (including phenoxy) is 1. The predicted molar refractivity (Wildman–Crippen MR) is 129 cm³/mol. The van der Waals surface area contributed by atoms with E-state index in [9.17, 15) is 9.59 Å². The maximum absolute atomic E-state index is 13.5. The maximum atomic E-state index is 13.5. The monoisotopic (exact) mass is 446 g/mol. The lowest BCUT2D eigenvalue weighted by Gasteiger charge is -2.38. The van der Waals surface area contributed by atoms with Gasteiger partial charge in [0.2, 0.25) is 0 Å². The third-order valence-corrected chi connectivity index (χ3v) is 6.33. The van der Waals surface area contributed by atoms with Gasteiger partial charge in [-0.3, -0.25) is 9.59 Å². The van der Waals surface area contributed by atoms with Crippen molar-refractivity contribution in [2.75, 3.05) is 30.0 Å². The molecule has 172 valence electrons. The number of rotatable bonds is 6. The lowest BCUT2D eigenvalue weighted by molar-refractivity contribution is 0.0840. The van der Waals surface area contributed by atoms with Gasteiger partial charge in [-0.2, -0.15) is 0 Å². The molecule has 1 aliphatic heterocycles. The summed E-state index contributed by atoms with van der Waals surface area (Å²) < 4.78 is 6.66. The minimum atomic E-state index is -0.374. The molecule has 0 radical (unpaired) electrons. The third-order valence-electron chi connectivity index (χ3n) is 6.33. The molecular weight excluding hydrogens is 416 g/mol. The normalized spacial score (nSPS) is 17.4. The van der Waals surface area contributed by atoms with Crippen molar-refractivity contribution in [2.45, 2.75) is 39.2 Å². The lowest BCUT2D eigenvalue weighted by atomic mass is 9.85. The first kappa shape index (κ1) is 22.6. The van der Waals surface area contributed by atoms with Crippen molar-refractivity contribution in [1.29, 1.82) is 0 Å². The van der Waals surface area contributed by atoms with Crippen LogP contribution in [0, 0.1) is 0 Å². The Hall–Kier alpha value is -3.61. The van der Waals surface area contributed by atoms with Crippen molar-refractivity contribution in [3.63, 3.8) is 0 Å². The second kappa shape index (κ2) is 9.48. The average molecular weight is 447 g/mol. The van der Waals surface area contributed by atoms with Crippen molar-refractivity contribution < 1.29 is 14.3 Å². The van der Waals surface area contributed by atoms with Gasteiger partial charge in [0, 0.05) is 42.6 Å². The second-order valence-electron chi connectivity index (χ2n) is 8.23. The zero-order valence-corrected chi connectivity index (χ0v) is 19.6. The number of amides is 1. The number of benzene rings is 2. The van der Waals surface area contributed by atoms with Gasteiger partial charge in [0.1, 0.15) is 5.75 Å². The Balaban J connectivity index is 1.65. The number of carbonyl (C=O) groups is 2. The minimum Gasteiger partial charge on any atom is -0.497 e. The Kier molecular flexibility index (Phi) is 6.49. The molecule has 0 bridgehead atoms. The van der Waals surface area contributed by atoms with E-state index in [1.807, 2.05) is 37.3 Å². The summed E-state index contributed by atoms with van der Waals surface area (Å²) in [5, 5.41) is 4.54. The van der Waals surface area contributed by atoms with Crippen LogP contribution in [0.3, 0.4) is 0 Å². The molecule has 1 aromatic heterocycles. The number of para-hydroxylation sites is 1. The molecule has 7 heteroatoms. The summed E-state index contributed by atoms with van der Waals surface area (Å²) in [6, 6.07) is 16.5. The second-order valence-corrected chi connectivity index (χ2v) is 8.23. The highest BCUT2D eigenvalue weighted by Gasteiger charge is 2.38. The van der Waals surface area contributed by atoms with Crippen LogP contribution in [0.2, 0.25) is 0 Å². The van der Waals surface area contributed by atoms with Gasteiger partial charge in [0.25, 0.3) is 11.8 Å². The molecule has 7 nitrogen and oxygen atoms in total. The van der Waals surface area contributed by atoms with Crippen LogP contribution < -0.4 is 14.5 Å². The topological polar surface area (TPSA) is 67.7 Å². The van der Waals surface area contributed by atoms with Gasteiger partial charge in [-0.05, 0) is 63.1 Å². The molecule has 3 aromatic rings. The molecule has 2 atom stereocenters. The number of methoxy groups -OCH3 is 1. The largest absolute Gasteiger partial charge is 0.497 e. The van der Waals surface area contributed by atoms with Crippen LogP contribution in [-0.2, 0) is 0 Å². The van der Waals surface area contributed by atoms with E-state index in [0.717, 1.165) is 30.2 Å². The van der Waals surface area contributed by atoms with E-state index in [0.29, 0.717) is 17.7 Å². The Bertz CT molecular complexity index is 1130. The van der Waals surface area contributed by atoms with E-state index in [4.69, 9.17) is 4.74 Å². The van der Waals surface area contributed by atoms with Crippen molar-refractivity contribution in [2.24, 2.45) is 0 Å². The first-order chi connectivity index (χ1) is 16.0. The summed E-state index contributed by atoms with van der Waals surface area (Å²) in [6.07, 6.45) is 2.26. The zero-order chi connectivity index (χ0) is 23.5. The molecule has 0 saturated carbocycles. The van der Waals surface area contributed by atoms with Gasteiger partial charge in [0.15, 0.2) is 5.82 Å². The summed E-state index contributed by atoms with van der Waals surface area (Å²) in [5.41, 5.74) is 2.20. The molecule has 0 saturated heterocycles. The van der Waals surface area contributed by atoms with Crippen LogP contribution >= 0.6 is 0 Å². The summed E-state index contributed by atoms with van der Waals surface area (Å²) >= 11 is 0. The van der Waals surface area contributed by atoms with Crippen LogP contribution in [0.1, 0.15) is 53.8 Å². The van der Waals surface area contributed by atoms with E-state index in [-0.39, 0.29) is 23.8 Å². The fourth-order valence-corrected chi connectivity index (χ4v) is 4.54. The van der Waals surface area contributed by atoms with Crippen molar-refractivity contribution >= 4 is 23.3 Å². The van der Waals surface area contributed by atoms with Gasteiger partial charge in [-0.25, -0.2) is 4.68 Å². The van der Waals surface area contributed by atoms with Gasteiger partial charge < -0.3 is 14.5 Å². The van der Waals surface area contributed by atoms with Crippen LogP contribution in [0.15, 0.2) is 60.8 Å². The van der Waals surface area contributed by atoms with E-state index >= 15 is 0 Å². The fraction of sp³-hybridized carbons (Fsp3) is 0.346. The molecule has 0 spiro atoms. The van der Waals surface area contributed by atoms with E-state index in [2.05, 4.69) is 23.8 Å². The molecular formula is C26H30N4O3. The zero-order valence-electron chi connectivity index (χ0n) is 19.6. The Morgan fingerprint density at radius 2 is 1.76 bits per heavy atom. The molecule has 2 heterocycles. The molecule has 1 amide bonds.